The van der Waals surface area contributed by atoms with Crippen LogP contribution in [0.3, 0.4) is 0 Å². The van der Waals surface area contributed by atoms with Gasteiger partial charge in [0.25, 0.3) is 10.0 Å². The molecule has 25 heavy (non-hydrogen) atoms. The number of aryl methyl sites for hydroxylation is 2. The maximum atomic E-state index is 12.4. The molecule has 1 aromatic heterocycles. The zero-order valence-corrected chi connectivity index (χ0v) is 16.0. The second kappa shape index (κ2) is 6.90. The number of anilines is 3. The summed E-state index contributed by atoms with van der Waals surface area (Å²) in [5, 5.41) is 3.36. The van der Waals surface area contributed by atoms with Crippen LogP contribution >= 0.6 is 11.3 Å². The Bertz CT molecular complexity index is 991. The van der Waals surface area contributed by atoms with E-state index in [9.17, 15) is 8.42 Å². The minimum absolute atomic E-state index is 0.322. The third-order valence-corrected chi connectivity index (χ3v) is 6.88. The second-order valence-electron chi connectivity index (χ2n) is 5.92. The first-order valence-corrected chi connectivity index (χ1v) is 10.2. The molecule has 6 heteroatoms. The van der Waals surface area contributed by atoms with Gasteiger partial charge in [0.2, 0.25) is 0 Å². The molecule has 0 fully saturated rings. The van der Waals surface area contributed by atoms with Gasteiger partial charge in [0.1, 0.15) is 4.21 Å². The first-order chi connectivity index (χ1) is 11.8. The average Bonchev–Trinajstić information content (AvgIpc) is 3.01. The number of sulfonamides is 1. The molecule has 0 bridgehead atoms. The number of hydrogen-bond donors (Lipinski definition) is 2. The normalized spacial score (nSPS) is 11.3. The molecule has 130 valence electrons. The van der Waals surface area contributed by atoms with Crippen LogP contribution in [0.25, 0.3) is 0 Å². The van der Waals surface area contributed by atoms with Crippen molar-refractivity contribution in [3.8, 4) is 0 Å². The number of nitrogens with one attached hydrogen (secondary N) is 2. The molecular formula is C19H20N2O2S2. The van der Waals surface area contributed by atoms with Crippen molar-refractivity contribution in [1.82, 2.24) is 0 Å². The van der Waals surface area contributed by atoms with Gasteiger partial charge in [-0.25, -0.2) is 8.42 Å². The molecule has 0 spiro atoms. The summed E-state index contributed by atoms with van der Waals surface area (Å²) >= 11 is 1.26. The predicted molar refractivity (Wildman–Crippen MR) is 106 cm³/mol. The fraction of sp³-hybridized carbons (Fsp3) is 0.158. The lowest BCUT2D eigenvalue weighted by atomic mass is 10.1. The number of benzene rings is 2. The van der Waals surface area contributed by atoms with Crippen molar-refractivity contribution >= 4 is 38.4 Å². The van der Waals surface area contributed by atoms with Gasteiger partial charge in [-0.15, -0.1) is 11.3 Å². The highest BCUT2D eigenvalue weighted by molar-refractivity contribution is 7.94. The van der Waals surface area contributed by atoms with Crippen LogP contribution in [0, 0.1) is 20.8 Å². The van der Waals surface area contributed by atoms with Gasteiger partial charge in [-0.05, 0) is 74.4 Å². The van der Waals surface area contributed by atoms with Crippen molar-refractivity contribution in [1.29, 1.82) is 0 Å². The molecule has 3 rings (SSSR count). The van der Waals surface area contributed by atoms with E-state index in [0.717, 1.165) is 16.3 Å². The van der Waals surface area contributed by atoms with Crippen molar-refractivity contribution in [3.05, 3.63) is 70.6 Å². The summed E-state index contributed by atoms with van der Waals surface area (Å²) in [4.78, 5) is 0.966. The zero-order valence-electron chi connectivity index (χ0n) is 14.3. The van der Waals surface area contributed by atoms with Crippen LogP contribution in [-0.2, 0) is 10.0 Å². The lowest BCUT2D eigenvalue weighted by Crippen LogP contribution is -2.11. The summed E-state index contributed by atoms with van der Waals surface area (Å²) in [6, 6.07) is 16.8. The van der Waals surface area contributed by atoms with Crippen molar-refractivity contribution in [2.45, 2.75) is 25.0 Å². The van der Waals surface area contributed by atoms with Crippen LogP contribution in [0.15, 0.2) is 58.8 Å². The third kappa shape index (κ3) is 4.03. The molecule has 3 aromatic rings. The first-order valence-electron chi connectivity index (χ1n) is 7.88. The summed E-state index contributed by atoms with van der Waals surface area (Å²) < 4.78 is 27.6. The molecular weight excluding hydrogens is 352 g/mol. The van der Waals surface area contributed by atoms with Gasteiger partial charge < -0.3 is 5.32 Å². The van der Waals surface area contributed by atoms with E-state index >= 15 is 0 Å². The molecule has 2 N–H and O–H groups in total. The quantitative estimate of drug-likeness (QED) is 0.646. The van der Waals surface area contributed by atoms with Crippen LogP contribution < -0.4 is 10.0 Å². The Morgan fingerprint density at radius 3 is 2.16 bits per heavy atom. The van der Waals surface area contributed by atoms with Gasteiger partial charge >= 0.3 is 0 Å². The number of thiophene rings is 1. The summed E-state index contributed by atoms with van der Waals surface area (Å²) in [6.07, 6.45) is 0. The lowest BCUT2D eigenvalue weighted by molar-refractivity contribution is 0.603. The predicted octanol–water partition coefficient (Wildman–Crippen LogP) is 5.22. The molecule has 0 unspecified atom stereocenters. The van der Waals surface area contributed by atoms with Crippen molar-refractivity contribution in [3.63, 3.8) is 0 Å². The van der Waals surface area contributed by atoms with E-state index in [1.165, 1.54) is 22.5 Å². The molecule has 0 amide bonds. The summed E-state index contributed by atoms with van der Waals surface area (Å²) in [6.45, 7) is 6.03. The monoisotopic (exact) mass is 372 g/mol. The number of rotatable bonds is 5. The molecule has 4 nitrogen and oxygen atoms in total. The van der Waals surface area contributed by atoms with E-state index in [-0.39, 0.29) is 0 Å². The Kier molecular flexibility index (Phi) is 4.83. The topological polar surface area (TPSA) is 58.2 Å². The van der Waals surface area contributed by atoms with Crippen LogP contribution in [-0.4, -0.2) is 8.42 Å². The molecule has 0 atom stereocenters. The maximum absolute atomic E-state index is 12.4. The Morgan fingerprint density at radius 2 is 1.52 bits per heavy atom. The van der Waals surface area contributed by atoms with Crippen molar-refractivity contribution < 1.29 is 8.42 Å². The van der Waals surface area contributed by atoms with E-state index in [0.29, 0.717) is 9.90 Å². The highest BCUT2D eigenvalue weighted by atomic mass is 32.2. The minimum Gasteiger partial charge on any atom is -0.355 e. The molecule has 0 saturated heterocycles. The molecule has 1 heterocycles. The van der Waals surface area contributed by atoms with E-state index in [4.69, 9.17) is 0 Å². The first kappa shape index (κ1) is 17.5. The molecule has 0 aliphatic carbocycles. The Morgan fingerprint density at radius 1 is 0.840 bits per heavy atom. The van der Waals surface area contributed by atoms with Crippen LogP contribution in [0.4, 0.5) is 17.1 Å². The Balaban J connectivity index is 1.75. The second-order valence-corrected chi connectivity index (χ2v) is 9.12. The summed E-state index contributed by atoms with van der Waals surface area (Å²) in [7, 11) is -3.53. The molecule has 2 aromatic carbocycles. The Hall–Kier alpha value is -2.31. The highest BCUT2D eigenvalue weighted by Gasteiger charge is 2.16. The standard InChI is InChI=1S/C19H20N2O2S2/c1-13-5-4-6-18(15(13)3)20-16-8-10-17(11-9-16)21-25(22,23)19-12-7-14(2)24-19/h4-12,20-21H,1-3H3. The molecule has 0 aliphatic heterocycles. The van der Waals surface area contributed by atoms with Crippen molar-refractivity contribution in [2.24, 2.45) is 0 Å². The van der Waals surface area contributed by atoms with E-state index in [1.54, 1.807) is 24.3 Å². The smallest absolute Gasteiger partial charge is 0.271 e. The summed E-state index contributed by atoms with van der Waals surface area (Å²) in [5.41, 5.74) is 4.91. The van der Waals surface area contributed by atoms with E-state index in [1.807, 2.05) is 31.2 Å². The zero-order chi connectivity index (χ0) is 18.0. The van der Waals surface area contributed by atoms with Crippen molar-refractivity contribution in [2.75, 3.05) is 10.0 Å². The molecule has 0 saturated carbocycles. The minimum atomic E-state index is -3.53. The Labute approximate surface area is 152 Å². The fourth-order valence-corrected chi connectivity index (χ4v) is 4.77. The average molecular weight is 373 g/mol. The fourth-order valence-electron chi connectivity index (χ4n) is 2.43. The van der Waals surface area contributed by atoms with E-state index < -0.39 is 10.0 Å². The largest absolute Gasteiger partial charge is 0.355 e. The highest BCUT2D eigenvalue weighted by Crippen LogP contribution is 2.26. The van der Waals surface area contributed by atoms with Gasteiger partial charge in [0.05, 0.1) is 0 Å². The number of hydrogen-bond acceptors (Lipinski definition) is 4. The van der Waals surface area contributed by atoms with Gasteiger partial charge in [0.15, 0.2) is 0 Å². The van der Waals surface area contributed by atoms with Gasteiger partial charge in [0, 0.05) is 21.9 Å². The molecule has 0 radical (unpaired) electrons. The molecule has 0 aliphatic rings. The third-order valence-electron chi connectivity index (χ3n) is 4.00. The van der Waals surface area contributed by atoms with E-state index in [2.05, 4.69) is 30.0 Å². The lowest BCUT2D eigenvalue weighted by Gasteiger charge is -2.12. The van der Waals surface area contributed by atoms with Gasteiger partial charge in [-0.2, -0.15) is 0 Å². The van der Waals surface area contributed by atoms with Crippen LogP contribution in [0.5, 0.6) is 0 Å². The van der Waals surface area contributed by atoms with Crippen LogP contribution in [0.2, 0.25) is 0 Å². The maximum Gasteiger partial charge on any atom is 0.271 e. The van der Waals surface area contributed by atoms with Gasteiger partial charge in [-0.3, -0.25) is 4.72 Å². The van der Waals surface area contributed by atoms with Crippen LogP contribution in [0.1, 0.15) is 16.0 Å². The SMILES string of the molecule is Cc1ccc(S(=O)(=O)Nc2ccc(Nc3cccc(C)c3C)cc2)s1. The van der Waals surface area contributed by atoms with Gasteiger partial charge in [-0.1, -0.05) is 12.1 Å². The summed E-state index contributed by atoms with van der Waals surface area (Å²) in [5.74, 6) is 0.